The molecule has 0 fully saturated rings. The van der Waals surface area contributed by atoms with E-state index in [1.807, 2.05) is 6.07 Å². The van der Waals surface area contributed by atoms with Crippen molar-refractivity contribution < 1.29 is 32.5 Å². The molecule has 0 aromatic heterocycles. The number of ether oxygens (including phenoxy) is 2. The number of hydrogen-bond acceptors (Lipinski definition) is 5. The average molecular weight is 437 g/mol. The molecule has 9 heteroatoms. The van der Waals surface area contributed by atoms with Crippen LogP contribution in [0.1, 0.15) is 31.4 Å². The SMILES string of the molecule is CC#CC(CC)(Oc1cc(Oc2ccc(C(F)(F)F)cc2Cl)ccc1C#N)C(=O)[O-]. The lowest BCUT2D eigenvalue weighted by Gasteiger charge is -2.29. The van der Waals surface area contributed by atoms with Gasteiger partial charge in [0.2, 0.25) is 5.60 Å². The summed E-state index contributed by atoms with van der Waals surface area (Å²) in [5, 5.41) is 20.6. The van der Waals surface area contributed by atoms with E-state index in [1.54, 1.807) is 0 Å². The van der Waals surface area contributed by atoms with E-state index in [0.717, 1.165) is 12.1 Å². The van der Waals surface area contributed by atoms with Gasteiger partial charge in [-0.2, -0.15) is 18.4 Å². The molecular weight excluding hydrogens is 423 g/mol. The van der Waals surface area contributed by atoms with Crippen LogP contribution in [0.3, 0.4) is 0 Å². The Labute approximate surface area is 175 Å². The molecule has 0 saturated carbocycles. The zero-order chi connectivity index (χ0) is 22.5. The van der Waals surface area contributed by atoms with Gasteiger partial charge in [0.05, 0.1) is 22.1 Å². The number of hydrogen-bond donors (Lipinski definition) is 0. The van der Waals surface area contributed by atoms with E-state index in [1.165, 1.54) is 32.0 Å². The van der Waals surface area contributed by atoms with Gasteiger partial charge in [0.25, 0.3) is 0 Å². The van der Waals surface area contributed by atoms with Gasteiger partial charge < -0.3 is 19.4 Å². The van der Waals surface area contributed by atoms with Crippen molar-refractivity contribution in [2.45, 2.75) is 32.0 Å². The molecule has 1 unspecified atom stereocenters. The van der Waals surface area contributed by atoms with Gasteiger partial charge in [-0.25, -0.2) is 0 Å². The predicted molar refractivity (Wildman–Crippen MR) is 99.8 cm³/mol. The molecule has 2 aromatic rings. The van der Waals surface area contributed by atoms with E-state index in [9.17, 15) is 28.3 Å². The first-order valence-corrected chi connectivity index (χ1v) is 8.87. The fourth-order valence-electron chi connectivity index (χ4n) is 2.44. The Morgan fingerprint density at radius 3 is 2.40 bits per heavy atom. The Bertz CT molecular complexity index is 1070. The Morgan fingerprint density at radius 1 is 1.20 bits per heavy atom. The van der Waals surface area contributed by atoms with Gasteiger partial charge in [-0.15, -0.1) is 5.92 Å². The maximum absolute atomic E-state index is 12.8. The van der Waals surface area contributed by atoms with Crippen LogP contribution < -0.4 is 14.6 Å². The molecular formula is C21H14ClF3NO4-. The number of rotatable bonds is 6. The van der Waals surface area contributed by atoms with E-state index < -0.39 is 23.3 Å². The van der Waals surface area contributed by atoms with Gasteiger partial charge in [-0.1, -0.05) is 18.5 Å². The van der Waals surface area contributed by atoms with E-state index in [4.69, 9.17) is 21.1 Å². The van der Waals surface area contributed by atoms with Crippen LogP contribution in [0.15, 0.2) is 36.4 Å². The molecule has 0 heterocycles. The lowest BCUT2D eigenvalue weighted by atomic mass is 10.0. The van der Waals surface area contributed by atoms with Crippen LogP contribution in [0.5, 0.6) is 17.2 Å². The van der Waals surface area contributed by atoms with Crippen molar-refractivity contribution in [2.75, 3.05) is 0 Å². The maximum Gasteiger partial charge on any atom is 0.416 e. The Balaban J connectivity index is 2.43. The summed E-state index contributed by atoms with van der Waals surface area (Å²) in [6.45, 7) is 2.95. The van der Waals surface area contributed by atoms with Crippen LogP contribution in [-0.2, 0) is 11.0 Å². The number of carbonyl (C=O) groups excluding carboxylic acids is 1. The normalized spacial score (nSPS) is 12.7. The highest BCUT2D eigenvalue weighted by Crippen LogP contribution is 2.37. The smallest absolute Gasteiger partial charge is 0.416 e. The molecule has 0 aliphatic carbocycles. The summed E-state index contributed by atoms with van der Waals surface area (Å²) in [6, 6.07) is 8.30. The molecule has 0 aliphatic rings. The molecule has 0 spiro atoms. The molecule has 0 saturated heterocycles. The third-order valence-corrected chi connectivity index (χ3v) is 4.29. The molecule has 2 aromatic carbocycles. The summed E-state index contributed by atoms with van der Waals surface area (Å²) in [6.07, 6.45) is -4.64. The minimum Gasteiger partial charge on any atom is -0.545 e. The highest BCUT2D eigenvalue weighted by atomic mass is 35.5. The second-order valence-corrected chi connectivity index (χ2v) is 6.37. The van der Waals surface area contributed by atoms with Gasteiger partial charge in [0.1, 0.15) is 23.3 Å². The molecule has 156 valence electrons. The summed E-state index contributed by atoms with van der Waals surface area (Å²) in [7, 11) is 0. The summed E-state index contributed by atoms with van der Waals surface area (Å²) in [5.41, 5.74) is -2.94. The van der Waals surface area contributed by atoms with E-state index >= 15 is 0 Å². The molecule has 0 aliphatic heterocycles. The largest absolute Gasteiger partial charge is 0.545 e. The fraction of sp³-hybridized carbons (Fsp3) is 0.238. The number of carbonyl (C=O) groups is 1. The number of halogens is 4. The number of aliphatic carboxylic acids is 1. The molecule has 5 nitrogen and oxygen atoms in total. The Kier molecular flexibility index (Phi) is 6.86. The van der Waals surface area contributed by atoms with Crippen molar-refractivity contribution in [2.24, 2.45) is 0 Å². The zero-order valence-electron chi connectivity index (χ0n) is 15.8. The summed E-state index contributed by atoms with van der Waals surface area (Å²) in [5.74, 6) is 3.14. The van der Waals surface area contributed by atoms with Crippen molar-refractivity contribution >= 4 is 17.6 Å². The Morgan fingerprint density at radius 2 is 1.90 bits per heavy atom. The summed E-state index contributed by atoms with van der Waals surface area (Å²) < 4.78 is 49.3. The van der Waals surface area contributed by atoms with E-state index in [-0.39, 0.29) is 34.3 Å². The third kappa shape index (κ3) is 4.97. The summed E-state index contributed by atoms with van der Waals surface area (Å²) in [4.78, 5) is 11.6. The van der Waals surface area contributed by atoms with Crippen LogP contribution in [0.25, 0.3) is 0 Å². The molecule has 1 atom stereocenters. The van der Waals surface area contributed by atoms with Gasteiger partial charge in [-0.05, 0) is 43.2 Å². The van der Waals surface area contributed by atoms with Gasteiger partial charge in [0, 0.05) is 12.5 Å². The number of nitriles is 1. The van der Waals surface area contributed by atoms with Crippen molar-refractivity contribution in [1.29, 1.82) is 5.26 Å². The highest BCUT2D eigenvalue weighted by molar-refractivity contribution is 6.32. The molecule has 0 radical (unpaired) electrons. The molecule has 2 rings (SSSR count). The second kappa shape index (κ2) is 8.98. The predicted octanol–water partition coefficient (Wildman–Crippen LogP) is 4.32. The average Bonchev–Trinajstić information content (AvgIpc) is 2.68. The van der Waals surface area contributed by atoms with Crippen molar-refractivity contribution in [3.05, 3.63) is 52.5 Å². The minimum absolute atomic E-state index is 0.00200. The maximum atomic E-state index is 12.8. The number of nitrogens with zero attached hydrogens (tertiary/aromatic N) is 1. The first kappa shape index (κ1) is 22.9. The van der Waals surface area contributed by atoms with Crippen LogP contribution >= 0.6 is 11.6 Å². The second-order valence-electron chi connectivity index (χ2n) is 5.96. The van der Waals surface area contributed by atoms with Crippen LogP contribution in [0, 0.1) is 23.2 Å². The van der Waals surface area contributed by atoms with Gasteiger partial charge >= 0.3 is 6.18 Å². The van der Waals surface area contributed by atoms with Crippen molar-refractivity contribution in [3.8, 4) is 35.2 Å². The van der Waals surface area contributed by atoms with E-state index in [0.29, 0.717) is 6.07 Å². The molecule has 0 N–H and O–H groups in total. The fourth-order valence-corrected chi connectivity index (χ4v) is 2.66. The first-order valence-electron chi connectivity index (χ1n) is 8.49. The molecule has 30 heavy (non-hydrogen) atoms. The first-order chi connectivity index (χ1) is 14.1. The van der Waals surface area contributed by atoms with Crippen molar-refractivity contribution in [3.63, 3.8) is 0 Å². The summed E-state index contributed by atoms with van der Waals surface area (Å²) >= 11 is 5.88. The number of alkyl halides is 3. The molecule has 0 bridgehead atoms. The lowest BCUT2D eigenvalue weighted by molar-refractivity contribution is -0.318. The van der Waals surface area contributed by atoms with Crippen LogP contribution in [-0.4, -0.2) is 11.6 Å². The monoisotopic (exact) mass is 436 g/mol. The van der Waals surface area contributed by atoms with Crippen LogP contribution in [0.4, 0.5) is 13.2 Å². The molecule has 0 amide bonds. The number of carboxylic acids is 1. The van der Waals surface area contributed by atoms with Gasteiger partial charge in [0.15, 0.2) is 0 Å². The third-order valence-electron chi connectivity index (χ3n) is 4.00. The number of benzene rings is 2. The minimum atomic E-state index is -4.56. The zero-order valence-corrected chi connectivity index (χ0v) is 16.5. The van der Waals surface area contributed by atoms with Crippen LogP contribution in [0.2, 0.25) is 5.02 Å². The quantitative estimate of drug-likeness (QED) is 0.630. The topological polar surface area (TPSA) is 82.4 Å². The van der Waals surface area contributed by atoms with E-state index in [2.05, 4.69) is 11.8 Å². The number of carboxylic acid groups (broad SMARTS) is 1. The van der Waals surface area contributed by atoms with Crippen molar-refractivity contribution in [1.82, 2.24) is 0 Å². The standard InChI is InChI=1S/C21H15ClF3NO4/c1-3-9-20(4-2,19(27)28)30-18-11-15(7-5-13(18)12-26)29-17-8-6-14(10-16(17)22)21(23,24)25/h5-8,10-11H,4H2,1-2H3,(H,27,28)/p-1. The Hall–Kier alpha value is -3.36. The highest BCUT2D eigenvalue weighted by Gasteiger charge is 2.32. The van der Waals surface area contributed by atoms with Gasteiger partial charge in [-0.3, -0.25) is 0 Å². The lowest BCUT2D eigenvalue weighted by Crippen LogP contribution is -2.51.